The van der Waals surface area contributed by atoms with Crippen LogP contribution in [0.15, 0.2) is 0 Å². The van der Waals surface area contributed by atoms with Crippen molar-refractivity contribution in [2.75, 3.05) is 13.2 Å². The van der Waals surface area contributed by atoms with Crippen LogP contribution in [0.4, 0.5) is 0 Å². The van der Waals surface area contributed by atoms with E-state index in [1.807, 2.05) is 0 Å². The van der Waals surface area contributed by atoms with Crippen LogP contribution in [0.25, 0.3) is 0 Å². The summed E-state index contributed by atoms with van der Waals surface area (Å²) in [5.74, 6) is -0.213. The number of esters is 1. The molecular formula is C5H12ClNO3. The fourth-order valence-electron chi connectivity index (χ4n) is 0.351. The highest BCUT2D eigenvalue weighted by atomic mass is 35.5. The summed E-state index contributed by atoms with van der Waals surface area (Å²) in [5, 5.41) is 0. The van der Waals surface area contributed by atoms with Crippen LogP contribution in [0.3, 0.4) is 0 Å². The molecule has 0 aliphatic heterocycles. The van der Waals surface area contributed by atoms with Crippen LogP contribution in [0.5, 0.6) is 0 Å². The minimum Gasteiger partial charge on any atom is -0.466 e. The quantitative estimate of drug-likeness (QED) is 0.585. The fourth-order valence-corrected chi connectivity index (χ4v) is 0.351. The van der Waals surface area contributed by atoms with Gasteiger partial charge in [0.2, 0.25) is 0 Å². The molecule has 0 saturated heterocycles. The Morgan fingerprint density at radius 1 is 1.70 bits per heavy atom. The molecule has 0 aromatic carbocycles. The van der Waals surface area contributed by atoms with Gasteiger partial charge in [-0.3, -0.25) is 9.45 Å². The number of rotatable bonds is 3. The second kappa shape index (κ2) is 11.5. The largest absolute Gasteiger partial charge is 0.466 e. The molecule has 0 amide bonds. The topological polar surface area (TPSA) is 72.5 Å². The van der Waals surface area contributed by atoms with Gasteiger partial charge in [-0.05, 0) is 6.92 Å². The molecule has 0 atom stereocenters. The van der Waals surface area contributed by atoms with Gasteiger partial charge in [0.15, 0.2) is 0 Å². The molecule has 0 saturated carbocycles. The predicted octanol–water partition coefficient (Wildman–Crippen LogP) is 0.0308. The maximum atomic E-state index is 10.3. The lowest BCUT2D eigenvalue weighted by Crippen LogP contribution is -2.10. The molecule has 0 rings (SSSR count). The Balaban J connectivity index is 0. The Labute approximate surface area is 65.1 Å². The van der Waals surface area contributed by atoms with Gasteiger partial charge in [0.05, 0.1) is 24.9 Å². The van der Waals surface area contributed by atoms with Crippen molar-refractivity contribution in [2.45, 2.75) is 13.3 Å². The number of carbonyl (C=O) groups is 1. The second-order valence-corrected chi connectivity index (χ2v) is 1.34. The van der Waals surface area contributed by atoms with E-state index in [1.165, 1.54) is 0 Å². The zero-order chi connectivity index (χ0) is 8.41. The predicted molar refractivity (Wildman–Crippen MR) is 38.4 cm³/mol. The Kier molecular flexibility index (Phi) is 14.2. The second-order valence-electron chi connectivity index (χ2n) is 1.34. The maximum Gasteiger partial charge on any atom is 0.307 e. The molecule has 62 valence electrons. The molecule has 0 bridgehead atoms. The normalized spacial score (nSPS) is 7.60. The minimum atomic E-state index is -0.213. The Morgan fingerprint density at radius 3 is 2.50 bits per heavy atom. The first-order chi connectivity index (χ1) is 4.81. The van der Waals surface area contributed by atoms with Crippen LogP contribution in [0.2, 0.25) is 0 Å². The van der Waals surface area contributed by atoms with E-state index >= 15 is 0 Å². The molecule has 4 nitrogen and oxygen atoms in total. The monoisotopic (exact) mass is 169 g/mol. The molecule has 0 aromatic rings. The molecule has 0 spiro atoms. The molecule has 0 aliphatic carbocycles. The van der Waals surface area contributed by atoms with Crippen LogP contribution in [-0.4, -0.2) is 23.8 Å². The van der Waals surface area contributed by atoms with Gasteiger partial charge in [0.25, 0.3) is 0 Å². The SMILES string of the molecule is CCOC(=O)CCN.OCl. The summed E-state index contributed by atoms with van der Waals surface area (Å²) in [5.41, 5.74) is 5.06. The fraction of sp³-hybridized carbons (Fsp3) is 0.800. The van der Waals surface area contributed by atoms with Crippen LogP contribution >= 0.6 is 11.9 Å². The molecule has 0 aromatic heterocycles. The first kappa shape index (κ1) is 12.4. The lowest BCUT2D eigenvalue weighted by atomic mass is 10.4. The van der Waals surface area contributed by atoms with Crippen LogP contribution < -0.4 is 5.73 Å². The highest BCUT2D eigenvalue weighted by Gasteiger charge is 1.95. The van der Waals surface area contributed by atoms with Crippen molar-refractivity contribution in [2.24, 2.45) is 5.73 Å². The van der Waals surface area contributed by atoms with E-state index in [4.69, 9.17) is 10.4 Å². The lowest BCUT2D eigenvalue weighted by molar-refractivity contribution is -0.142. The number of halogens is 1. The van der Waals surface area contributed by atoms with Crippen molar-refractivity contribution in [3.05, 3.63) is 0 Å². The molecule has 0 radical (unpaired) electrons. The average molecular weight is 170 g/mol. The summed E-state index contributed by atoms with van der Waals surface area (Å²) in [6.07, 6.45) is 0.327. The Bertz CT molecular complexity index is 71.3. The van der Waals surface area contributed by atoms with Crippen LogP contribution in [-0.2, 0) is 9.53 Å². The lowest BCUT2D eigenvalue weighted by Gasteiger charge is -1.96. The molecule has 5 heteroatoms. The van der Waals surface area contributed by atoms with E-state index in [1.54, 1.807) is 6.92 Å². The number of ether oxygens (including phenoxy) is 1. The molecule has 10 heavy (non-hydrogen) atoms. The highest BCUT2D eigenvalue weighted by molar-refractivity contribution is 6.04. The molecule has 3 N–H and O–H groups in total. The smallest absolute Gasteiger partial charge is 0.307 e. The van der Waals surface area contributed by atoms with Gasteiger partial charge >= 0.3 is 5.97 Å². The van der Waals surface area contributed by atoms with E-state index in [-0.39, 0.29) is 5.97 Å². The van der Waals surface area contributed by atoms with Crippen molar-refractivity contribution in [3.63, 3.8) is 0 Å². The minimum absolute atomic E-state index is 0.213. The van der Waals surface area contributed by atoms with E-state index in [2.05, 4.69) is 16.6 Å². The summed E-state index contributed by atoms with van der Waals surface area (Å²) in [6.45, 7) is 2.59. The number of carbonyl (C=O) groups excluding carboxylic acids is 1. The molecule has 0 heterocycles. The highest BCUT2D eigenvalue weighted by Crippen LogP contribution is 1.80. The summed E-state index contributed by atoms with van der Waals surface area (Å²) in [7, 11) is 0. The number of nitrogens with two attached hydrogens (primary N) is 1. The Morgan fingerprint density at radius 2 is 2.20 bits per heavy atom. The Hall–Kier alpha value is -0.320. The molecular weight excluding hydrogens is 158 g/mol. The van der Waals surface area contributed by atoms with Crippen molar-refractivity contribution in [3.8, 4) is 0 Å². The van der Waals surface area contributed by atoms with E-state index in [0.717, 1.165) is 0 Å². The van der Waals surface area contributed by atoms with Gasteiger partial charge < -0.3 is 10.5 Å². The molecule has 0 unspecified atom stereocenters. The van der Waals surface area contributed by atoms with E-state index < -0.39 is 0 Å². The standard InChI is InChI=1S/C5H11NO2.ClHO/c1-2-8-5(7)3-4-6;1-2/h2-4,6H2,1H3;2H. The van der Waals surface area contributed by atoms with Crippen molar-refractivity contribution >= 4 is 17.8 Å². The molecule has 0 aliphatic rings. The van der Waals surface area contributed by atoms with Crippen molar-refractivity contribution < 1.29 is 14.2 Å². The zero-order valence-electron chi connectivity index (χ0n) is 5.84. The van der Waals surface area contributed by atoms with Gasteiger partial charge in [-0.25, -0.2) is 0 Å². The van der Waals surface area contributed by atoms with E-state index in [0.29, 0.717) is 19.6 Å². The summed E-state index contributed by atoms with van der Waals surface area (Å²) < 4.78 is 11.0. The number of hydrogen-bond acceptors (Lipinski definition) is 4. The van der Waals surface area contributed by atoms with Gasteiger partial charge in [0.1, 0.15) is 0 Å². The third-order valence-electron chi connectivity index (χ3n) is 0.654. The summed E-state index contributed by atoms with van der Waals surface area (Å²) >= 11 is 3.64. The van der Waals surface area contributed by atoms with E-state index in [9.17, 15) is 4.79 Å². The maximum absolute atomic E-state index is 10.3. The van der Waals surface area contributed by atoms with Crippen molar-refractivity contribution in [1.82, 2.24) is 0 Å². The number of hydrogen-bond donors (Lipinski definition) is 2. The third-order valence-corrected chi connectivity index (χ3v) is 0.654. The zero-order valence-corrected chi connectivity index (χ0v) is 6.60. The molecule has 0 fully saturated rings. The van der Waals surface area contributed by atoms with Crippen LogP contribution in [0, 0.1) is 0 Å². The first-order valence-electron chi connectivity index (χ1n) is 2.83. The summed E-state index contributed by atoms with van der Waals surface area (Å²) in [4.78, 5) is 10.3. The van der Waals surface area contributed by atoms with Crippen LogP contribution in [0.1, 0.15) is 13.3 Å². The van der Waals surface area contributed by atoms with Gasteiger partial charge in [-0.2, -0.15) is 0 Å². The van der Waals surface area contributed by atoms with Crippen molar-refractivity contribution in [1.29, 1.82) is 0 Å². The van der Waals surface area contributed by atoms with Gasteiger partial charge in [-0.15, -0.1) is 0 Å². The summed E-state index contributed by atoms with van der Waals surface area (Å²) in [6, 6.07) is 0. The third kappa shape index (κ3) is 10.6. The van der Waals surface area contributed by atoms with Gasteiger partial charge in [-0.1, -0.05) is 0 Å². The average Bonchev–Trinajstić information content (AvgIpc) is 1.93. The first-order valence-corrected chi connectivity index (χ1v) is 3.17. The van der Waals surface area contributed by atoms with Gasteiger partial charge in [0, 0.05) is 6.54 Å².